The number of nitrogens with one attached hydrogen (secondary N) is 2. The van der Waals surface area contributed by atoms with Crippen LogP contribution in [0.5, 0.6) is 0 Å². The highest BCUT2D eigenvalue weighted by Crippen LogP contribution is 2.05. The minimum absolute atomic E-state index is 0. The third kappa shape index (κ3) is 9.16. The summed E-state index contributed by atoms with van der Waals surface area (Å²) in [4.78, 5) is 7.19. The summed E-state index contributed by atoms with van der Waals surface area (Å²) in [5.41, 5.74) is 2.36. The fourth-order valence-electron chi connectivity index (χ4n) is 3.27. The lowest BCUT2D eigenvalue weighted by Crippen LogP contribution is -2.45. The molecule has 1 aromatic heterocycles. The Bertz CT molecular complexity index is 703. The maximum atomic E-state index is 4.71. The molecule has 0 aliphatic rings. The van der Waals surface area contributed by atoms with Crippen molar-refractivity contribution in [2.24, 2.45) is 4.99 Å². The molecule has 0 atom stereocenters. The van der Waals surface area contributed by atoms with Crippen LogP contribution in [0.2, 0.25) is 0 Å². The summed E-state index contributed by atoms with van der Waals surface area (Å²) in [6.45, 7) is 15.2. The van der Waals surface area contributed by atoms with Crippen molar-refractivity contribution in [1.29, 1.82) is 0 Å². The van der Waals surface area contributed by atoms with Gasteiger partial charge in [-0.3, -0.25) is 9.58 Å². The number of guanidine groups is 1. The van der Waals surface area contributed by atoms with E-state index in [4.69, 9.17) is 4.99 Å². The van der Waals surface area contributed by atoms with Gasteiger partial charge in [-0.2, -0.15) is 5.10 Å². The van der Waals surface area contributed by atoms with Crippen LogP contribution in [0.25, 0.3) is 0 Å². The van der Waals surface area contributed by atoms with Crippen molar-refractivity contribution in [3.8, 4) is 0 Å². The lowest BCUT2D eigenvalue weighted by Gasteiger charge is -2.30. The van der Waals surface area contributed by atoms with Crippen LogP contribution in [0.4, 0.5) is 0 Å². The topological polar surface area (TPSA) is 57.5 Å². The highest BCUT2D eigenvalue weighted by Gasteiger charge is 2.12. The van der Waals surface area contributed by atoms with Crippen LogP contribution in [0.15, 0.2) is 47.7 Å². The van der Waals surface area contributed by atoms with E-state index in [1.807, 2.05) is 16.9 Å². The third-order valence-electron chi connectivity index (χ3n) is 4.63. The molecule has 2 N–H and O–H groups in total. The predicted molar refractivity (Wildman–Crippen MR) is 133 cm³/mol. The average molecular weight is 512 g/mol. The van der Waals surface area contributed by atoms with Gasteiger partial charge in [0.15, 0.2) is 5.96 Å². The fraction of sp³-hybridized carbons (Fsp3) is 0.545. The highest BCUT2D eigenvalue weighted by molar-refractivity contribution is 14.0. The van der Waals surface area contributed by atoms with Crippen LogP contribution in [0.1, 0.15) is 45.7 Å². The minimum Gasteiger partial charge on any atom is -0.357 e. The van der Waals surface area contributed by atoms with Crippen molar-refractivity contribution in [3.05, 3.63) is 53.9 Å². The van der Waals surface area contributed by atoms with E-state index in [1.165, 1.54) is 5.56 Å². The number of hydrogen-bond acceptors (Lipinski definition) is 3. The standard InChI is InChI=1S/C22H36N6.HI/c1-6-23-22(24-12-13-28(18(2)3)19(4)5)25-14-21-15-26-27(17-21)16-20-10-8-7-9-11-20;/h7-11,15,17-19H,6,12-14,16H2,1-5H3,(H2,23,24,25);1H. The molecule has 2 rings (SSSR count). The molecule has 1 aromatic carbocycles. The number of benzene rings is 1. The van der Waals surface area contributed by atoms with Crippen molar-refractivity contribution in [2.45, 2.75) is 59.8 Å². The monoisotopic (exact) mass is 512 g/mol. The molecule has 6 nitrogen and oxygen atoms in total. The van der Waals surface area contributed by atoms with Gasteiger partial charge in [-0.25, -0.2) is 4.99 Å². The van der Waals surface area contributed by atoms with E-state index in [0.29, 0.717) is 18.6 Å². The molecule has 0 saturated carbocycles. The van der Waals surface area contributed by atoms with Crippen molar-refractivity contribution in [3.63, 3.8) is 0 Å². The predicted octanol–water partition coefficient (Wildman–Crippen LogP) is 3.72. The smallest absolute Gasteiger partial charge is 0.191 e. The Labute approximate surface area is 193 Å². The number of aliphatic imine (C=N–C) groups is 1. The molecular weight excluding hydrogens is 475 g/mol. The number of halogens is 1. The Hall–Kier alpha value is -1.61. The SMILES string of the molecule is CCNC(=NCc1cnn(Cc2ccccc2)c1)NCCN(C(C)C)C(C)C.I. The molecule has 29 heavy (non-hydrogen) atoms. The molecule has 7 heteroatoms. The first-order valence-electron chi connectivity index (χ1n) is 10.3. The first-order valence-corrected chi connectivity index (χ1v) is 10.3. The van der Waals surface area contributed by atoms with E-state index in [2.05, 4.69) is 85.7 Å². The van der Waals surface area contributed by atoms with E-state index in [9.17, 15) is 0 Å². The molecule has 0 fully saturated rings. The number of aromatic nitrogens is 2. The molecule has 0 unspecified atom stereocenters. The van der Waals surface area contributed by atoms with Crippen molar-refractivity contribution < 1.29 is 0 Å². The van der Waals surface area contributed by atoms with Gasteiger partial charge < -0.3 is 10.6 Å². The van der Waals surface area contributed by atoms with Crippen LogP contribution in [0, 0.1) is 0 Å². The first kappa shape index (κ1) is 25.4. The molecule has 2 aromatic rings. The minimum atomic E-state index is 0. The zero-order valence-corrected chi connectivity index (χ0v) is 20.8. The summed E-state index contributed by atoms with van der Waals surface area (Å²) in [6, 6.07) is 11.4. The van der Waals surface area contributed by atoms with Gasteiger partial charge in [0.2, 0.25) is 0 Å². The van der Waals surface area contributed by atoms with Gasteiger partial charge in [-0.15, -0.1) is 24.0 Å². The van der Waals surface area contributed by atoms with Crippen LogP contribution in [-0.4, -0.2) is 52.4 Å². The van der Waals surface area contributed by atoms with Crippen LogP contribution < -0.4 is 10.6 Å². The Morgan fingerprint density at radius 1 is 1.07 bits per heavy atom. The Morgan fingerprint density at radius 2 is 1.76 bits per heavy atom. The second-order valence-corrected chi connectivity index (χ2v) is 7.58. The number of hydrogen-bond donors (Lipinski definition) is 2. The molecule has 0 bridgehead atoms. The molecule has 1 heterocycles. The molecule has 0 aliphatic heterocycles. The molecule has 0 saturated heterocycles. The quantitative estimate of drug-likeness (QED) is 0.290. The van der Waals surface area contributed by atoms with Crippen molar-refractivity contribution in [2.75, 3.05) is 19.6 Å². The highest BCUT2D eigenvalue weighted by atomic mass is 127. The average Bonchev–Trinajstić information content (AvgIpc) is 3.10. The summed E-state index contributed by atoms with van der Waals surface area (Å²) >= 11 is 0. The van der Waals surface area contributed by atoms with Crippen LogP contribution >= 0.6 is 24.0 Å². The van der Waals surface area contributed by atoms with Crippen LogP contribution in [-0.2, 0) is 13.1 Å². The van der Waals surface area contributed by atoms with Gasteiger partial charge in [0.25, 0.3) is 0 Å². The molecule has 0 aliphatic carbocycles. The van der Waals surface area contributed by atoms with Crippen molar-refractivity contribution in [1.82, 2.24) is 25.3 Å². The zero-order chi connectivity index (χ0) is 20.4. The zero-order valence-electron chi connectivity index (χ0n) is 18.4. The van der Waals surface area contributed by atoms with E-state index in [-0.39, 0.29) is 24.0 Å². The molecule has 162 valence electrons. The Kier molecular flexibility index (Phi) is 11.9. The van der Waals surface area contributed by atoms with Crippen molar-refractivity contribution >= 4 is 29.9 Å². The first-order chi connectivity index (χ1) is 13.5. The van der Waals surface area contributed by atoms with E-state index in [1.54, 1.807) is 0 Å². The third-order valence-corrected chi connectivity index (χ3v) is 4.63. The van der Waals surface area contributed by atoms with E-state index >= 15 is 0 Å². The van der Waals surface area contributed by atoms with Gasteiger partial charge in [0, 0.05) is 43.5 Å². The largest absolute Gasteiger partial charge is 0.357 e. The van der Waals surface area contributed by atoms with E-state index in [0.717, 1.165) is 37.7 Å². The van der Waals surface area contributed by atoms with E-state index < -0.39 is 0 Å². The van der Waals surface area contributed by atoms with Gasteiger partial charge in [-0.1, -0.05) is 30.3 Å². The molecule has 0 spiro atoms. The number of rotatable bonds is 10. The summed E-state index contributed by atoms with van der Waals surface area (Å²) < 4.78 is 1.96. The summed E-state index contributed by atoms with van der Waals surface area (Å²) in [7, 11) is 0. The maximum absolute atomic E-state index is 4.71. The van der Waals surface area contributed by atoms with Crippen LogP contribution in [0.3, 0.4) is 0 Å². The molecular formula is C22H37IN6. The normalized spacial score (nSPS) is 11.8. The summed E-state index contributed by atoms with van der Waals surface area (Å²) in [5.74, 6) is 0.853. The van der Waals surface area contributed by atoms with Gasteiger partial charge in [-0.05, 0) is 40.2 Å². The molecule has 0 radical (unpaired) electrons. The fourth-order valence-corrected chi connectivity index (χ4v) is 3.27. The molecule has 0 amide bonds. The second-order valence-electron chi connectivity index (χ2n) is 7.58. The second kappa shape index (κ2) is 13.6. The lowest BCUT2D eigenvalue weighted by molar-refractivity contribution is 0.178. The lowest BCUT2D eigenvalue weighted by atomic mass is 10.2. The van der Waals surface area contributed by atoms with Gasteiger partial charge >= 0.3 is 0 Å². The Morgan fingerprint density at radius 3 is 2.38 bits per heavy atom. The maximum Gasteiger partial charge on any atom is 0.191 e. The Balaban J connectivity index is 0.00000420. The van der Waals surface area contributed by atoms with Gasteiger partial charge in [0.1, 0.15) is 0 Å². The van der Waals surface area contributed by atoms with Gasteiger partial charge in [0.05, 0.1) is 19.3 Å². The summed E-state index contributed by atoms with van der Waals surface area (Å²) in [6.07, 6.45) is 3.97. The summed E-state index contributed by atoms with van der Waals surface area (Å²) in [5, 5.41) is 11.2. The number of nitrogens with zero attached hydrogens (tertiary/aromatic N) is 4.